The molecule has 1 atom stereocenters. The van der Waals surface area contributed by atoms with E-state index in [9.17, 15) is 4.79 Å². The molecule has 0 spiro atoms. The molecule has 0 aromatic heterocycles. The van der Waals surface area contributed by atoms with Crippen LogP contribution in [0.5, 0.6) is 5.75 Å². The molecule has 3 nitrogen and oxygen atoms in total. The second kappa shape index (κ2) is 8.98. The van der Waals surface area contributed by atoms with Gasteiger partial charge in [-0.05, 0) is 55.0 Å². The third-order valence-corrected chi connectivity index (χ3v) is 5.92. The summed E-state index contributed by atoms with van der Waals surface area (Å²) < 4.78 is 5.56. The molecule has 2 aromatic rings. The summed E-state index contributed by atoms with van der Waals surface area (Å²) in [5, 5.41) is 3.93. The summed E-state index contributed by atoms with van der Waals surface area (Å²) in [5.74, 6) is 0.470. The molecule has 140 valence electrons. The largest absolute Gasteiger partial charge is 0.481 e. The Morgan fingerprint density at radius 1 is 1.04 bits per heavy atom. The lowest BCUT2D eigenvalue weighted by Crippen LogP contribution is -2.20. The van der Waals surface area contributed by atoms with Crippen LogP contribution in [0.25, 0.3) is 0 Å². The van der Waals surface area contributed by atoms with Gasteiger partial charge in [0.05, 0.1) is 10.0 Å². The molecule has 0 saturated heterocycles. The Morgan fingerprint density at radius 2 is 1.58 bits per heavy atom. The van der Waals surface area contributed by atoms with Gasteiger partial charge in [0.2, 0.25) is 0 Å². The zero-order chi connectivity index (χ0) is 19.4. The Bertz CT molecular complexity index is 775. The summed E-state index contributed by atoms with van der Waals surface area (Å²) >= 11 is 18.7. The Labute approximate surface area is 169 Å². The summed E-state index contributed by atoms with van der Waals surface area (Å²) in [6.45, 7) is 7.67. The first-order valence-corrected chi connectivity index (χ1v) is 9.55. The minimum absolute atomic E-state index is 0.201. The molecular formula is C20H22Cl3NO2. The van der Waals surface area contributed by atoms with Crippen LogP contribution in [0.3, 0.4) is 0 Å². The van der Waals surface area contributed by atoms with E-state index in [0.717, 1.165) is 6.42 Å². The number of carbonyl (C=O) groups excluding carboxylic acids is 1. The highest BCUT2D eigenvalue weighted by atomic mass is 35.5. The standard InChI is InChI=1S/C20H22Cl3NO2/c1-5-11(2)14-6-8-15(9-7-14)24-16(25)10-26-20-18(22)12(3)17(21)13(4)19(20)23/h6-9,11H,5,10H2,1-4H3,(H,24,25)/t11-/m1/s1. The number of hydrogen-bond donors (Lipinski definition) is 1. The molecule has 0 fully saturated rings. The first-order valence-electron chi connectivity index (χ1n) is 8.42. The van der Waals surface area contributed by atoms with Crippen molar-refractivity contribution in [3.8, 4) is 5.75 Å². The topological polar surface area (TPSA) is 38.3 Å². The van der Waals surface area contributed by atoms with E-state index in [1.165, 1.54) is 5.56 Å². The van der Waals surface area contributed by atoms with Gasteiger partial charge in [0, 0.05) is 10.7 Å². The summed E-state index contributed by atoms with van der Waals surface area (Å²) in [5.41, 5.74) is 3.30. The van der Waals surface area contributed by atoms with E-state index in [-0.39, 0.29) is 18.3 Å². The molecule has 2 rings (SSSR count). The third-order valence-electron chi connectivity index (χ3n) is 4.44. The second-order valence-corrected chi connectivity index (χ2v) is 7.42. The predicted octanol–water partition coefficient (Wildman–Crippen LogP) is 6.79. The predicted molar refractivity (Wildman–Crippen MR) is 110 cm³/mol. The zero-order valence-electron chi connectivity index (χ0n) is 15.3. The van der Waals surface area contributed by atoms with Crippen LogP contribution in [0.15, 0.2) is 24.3 Å². The number of carbonyl (C=O) groups is 1. The van der Waals surface area contributed by atoms with E-state index < -0.39 is 0 Å². The van der Waals surface area contributed by atoms with Gasteiger partial charge >= 0.3 is 0 Å². The molecule has 0 unspecified atom stereocenters. The number of hydrogen-bond acceptors (Lipinski definition) is 2. The number of benzene rings is 2. The normalized spacial score (nSPS) is 12.0. The minimum atomic E-state index is -0.293. The van der Waals surface area contributed by atoms with Gasteiger partial charge in [-0.3, -0.25) is 4.79 Å². The number of anilines is 1. The monoisotopic (exact) mass is 413 g/mol. The number of halogens is 3. The molecule has 0 aliphatic rings. The van der Waals surface area contributed by atoms with E-state index in [0.29, 0.717) is 37.8 Å². The van der Waals surface area contributed by atoms with Crippen molar-refractivity contribution in [3.63, 3.8) is 0 Å². The lowest BCUT2D eigenvalue weighted by atomic mass is 9.99. The van der Waals surface area contributed by atoms with Crippen LogP contribution in [-0.4, -0.2) is 12.5 Å². The van der Waals surface area contributed by atoms with E-state index >= 15 is 0 Å². The molecule has 0 radical (unpaired) electrons. The SMILES string of the molecule is CC[C@@H](C)c1ccc(NC(=O)COc2c(Cl)c(C)c(Cl)c(C)c2Cl)cc1. The molecule has 0 saturated carbocycles. The Hall–Kier alpha value is -1.42. The van der Waals surface area contributed by atoms with E-state index in [2.05, 4.69) is 19.2 Å². The summed E-state index contributed by atoms with van der Waals surface area (Å²) in [4.78, 5) is 12.2. The highest BCUT2D eigenvalue weighted by molar-refractivity contribution is 6.42. The number of ether oxygens (including phenoxy) is 1. The Kier molecular flexibility index (Phi) is 7.22. The average molecular weight is 415 g/mol. The molecule has 2 aromatic carbocycles. The van der Waals surface area contributed by atoms with Crippen molar-refractivity contribution in [2.24, 2.45) is 0 Å². The molecule has 6 heteroatoms. The van der Waals surface area contributed by atoms with Crippen LogP contribution in [0.4, 0.5) is 5.69 Å². The lowest BCUT2D eigenvalue weighted by molar-refractivity contribution is -0.118. The highest BCUT2D eigenvalue weighted by Crippen LogP contribution is 2.42. The van der Waals surface area contributed by atoms with Gasteiger partial charge in [0.25, 0.3) is 5.91 Å². The van der Waals surface area contributed by atoms with Crippen LogP contribution in [0, 0.1) is 13.8 Å². The molecule has 0 heterocycles. The maximum absolute atomic E-state index is 12.2. The van der Waals surface area contributed by atoms with Gasteiger partial charge in [-0.2, -0.15) is 0 Å². The number of nitrogens with one attached hydrogen (secondary N) is 1. The molecular weight excluding hydrogens is 393 g/mol. The van der Waals surface area contributed by atoms with Gasteiger partial charge in [-0.1, -0.05) is 60.8 Å². The first-order chi connectivity index (χ1) is 12.3. The maximum Gasteiger partial charge on any atom is 0.262 e. The van der Waals surface area contributed by atoms with Crippen molar-refractivity contribution in [1.29, 1.82) is 0 Å². The first kappa shape index (κ1) is 20.9. The van der Waals surface area contributed by atoms with E-state index in [1.807, 2.05) is 24.3 Å². The van der Waals surface area contributed by atoms with E-state index in [1.54, 1.807) is 13.8 Å². The fourth-order valence-electron chi connectivity index (χ4n) is 2.50. The van der Waals surface area contributed by atoms with Crippen molar-refractivity contribution < 1.29 is 9.53 Å². The fourth-order valence-corrected chi connectivity index (χ4v) is 3.32. The van der Waals surface area contributed by atoms with Crippen molar-refractivity contribution in [3.05, 3.63) is 56.0 Å². The van der Waals surface area contributed by atoms with Crippen LogP contribution < -0.4 is 10.1 Å². The minimum Gasteiger partial charge on any atom is -0.481 e. The average Bonchev–Trinajstić information content (AvgIpc) is 2.64. The Balaban J connectivity index is 2.04. The van der Waals surface area contributed by atoms with Gasteiger partial charge in [0.1, 0.15) is 0 Å². The molecule has 0 aliphatic heterocycles. The quantitative estimate of drug-likeness (QED) is 0.564. The second-order valence-electron chi connectivity index (χ2n) is 6.29. The van der Waals surface area contributed by atoms with Crippen molar-refractivity contribution in [1.82, 2.24) is 0 Å². The van der Waals surface area contributed by atoms with Crippen LogP contribution in [0.2, 0.25) is 15.1 Å². The Morgan fingerprint density at radius 3 is 2.08 bits per heavy atom. The van der Waals surface area contributed by atoms with Crippen LogP contribution in [-0.2, 0) is 4.79 Å². The van der Waals surface area contributed by atoms with Gasteiger partial charge in [-0.15, -0.1) is 0 Å². The highest BCUT2D eigenvalue weighted by Gasteiger charge is 2.18. The summed E-state index contributed by atoms with van der Waals surface area (Å²) in [6.07, 6.45) is 1.07. The molecule has 1 N–H and O–H groups in total. The van der Waals surface area contributed by atoms with Crippen LogP contribution in [0.1, 0.15) is 42.9 Å². The van der Waals surface area contributed by atoms with E-state index in [4.69, 9.17) is 39.5 Å². The lowest BCUT2D eigenvalue weighted by Gasteiger charge is -2.15. The molecule has 0 aliphatic carbocycles. The molecule has 0 bridgehead atoms. The fraction of sp³-hybridized carbons (Fsp3) is 0.350. The van der Waals surface area contributed by atoms with Crippen molar-refractivity contribution in [2.45, 2.75) is 40.0 Å². The molecule has 1 amide bonds. The molecule has 26 heavy (non-hydrogen) atoms. The van der Waals surface area contributed by atoms with Gasteiger partial charge < -0.3 is 10.1 Å². The number of amides is 1. The zero-order valence-corrected chi connectivity index (χ0v) is 17.5. The summed E-state index contributed by atoms with van der Waals surface area (Å²) in [6, 6.07) is 7.81. The summed E-state index contributed by atoms with van der Waals surface area (Å²) in [7, 11) is 0. The van der Waals surface area contributed by atoms with Crippen molar-refractivity contribution >= 4 is 46.4 Å². The van der Waals surface area contributed by atoms with Crippen molar-refractivity contribution in [2.75, 3.05) is 11.9 Å². The number of rotatable bonds is 6. The van der Waals surface area contributed by atoms with Gasteiger partial charge in [-0.25, -0.2) is 0 Å². The maximum atomic E-state index is 12.2. The van der Waals surface area contributed by atoms with Gasteiger partial charge in [0.15, 0.2) is 12.4 Å². The third kappa shape index (κ3) is 4.64. The van der Waals surface area contributed by atoms with Crippen LogP contribution >= 0.6 is 34.8 Å². The smallest absolute Gasteiger partial charge is 0.262 e.